The van der Waals surface area contributed by atoms with E-state index in [1.54, 1.807) is 12.4 Å². The number of rotatable bonds is 10. The van der Waals surface area contributed by atoms with Gasteiger partial charge in [-0.3, -0.25) is 9.88 Å². The molecule has 0 amide bonds. The van der Waals surface area contributed by atoms with E-state index in [0.29, 0.717) is 25.3 Å². The molecule has 226 valence electrons. The van der Waals surface area contributed by atoms with Gasteiger partial charge in [-0.25, -0.2) is 0 Å². The third-order valence-corrected chi connectivity index (χ3v) is 9.05. The third kappa shape index (κ3) is 6.48. The van der Waals surface area contributed by atoms with E-state index in [2.05, 4.69) is 83.4 Å². The van der Waals surface area contributed by atoms with Crippen LogP contribution in [0.1, 0.15) is 45.4 Å². The van der Waals surface area contributed by atoms with Crippen LogP contribution < -0.4 is 9.47 Å². The molecule has 0 radical (unpaired) electrons. The second kappa shape index (κ2) is 13.6. The van der Waals surface area contributed by atoms with Crippen LogP contribution in [0.5, 0.6) is 11.5 Å². The largest absolute Gasteiger partial charge is 0.488 e. The maximum atomic E-state index is 10.2. The lowest BCUT2D eigenvalue weighted by Gasteiger charge is -2.39. The van der Waals surface area contributed by atoms with Gasteiger partial charge in [0.1, 0.15) is 30.8 Å². The van der Waals surface area contributed by atoms with Gasteiger partial charge in [0.05, 0.1) is 12.2 Å². The molecular formula is C37H40N4O3. The highest BCUT2D eigenvalue weighted by atomic mass is 16.5. The summed E-state index contributed by atoms with van der Waals surface area (Å²) in [6.07, 6.45) is 6.33. The zero-order valence-corrected chi connectivity index (χ0v) is 25.6. The van der Waals surface area contributed by atoms with Gasteiger partial charge in [-0.2, -0.15) is 5.26 Å². The number of hydrogen-bond acceptors (Lipinski definition) is 7. The Morgan fingerprint density at radius 2 is 1.77 bits per heavy atom. The first-order chi connectivity index (χ1) is 21.5. The van der Waals surface area contributed by atoms with Crippen molar-refractivity contribution in [2.45, 2.75) is 52.0 Å². The van der Waals surface area contributed by atoms with Crippen molar-refractivity contribution in [3.63, 3.8) is 0 Å². The summed E-state index contributed by atoms with van der Waals surface area (Å²) in [4.78, 5) is 8.88. The van der Waals surface area contributed by atoms with Crippen molar-refractivity contribution in [1.29, 1.82) is 5.26 Å². The van der Waals surface area contributed by atoms with Crippen LogP contribution in [-0.2, 0) is 32.6 Å². The zero-order valence-electron chi connectivity index (χ0n) is 25.6. The molecular weight excluding hydrogens is 548 g/mol. The van der Waals surface area contributed by atoms with E-state index in [0.717, 1.165) is 61.5 Å². The molecule has 1 atom stereocenters. The van der Waals surface area contributed by atoms with Crippen LogP contribution in [-0.4, -0.2) is 59.2 Å². The summed E-state index contributed by atoms with van der Waals surface area (Å²) < 4.78 is 13.2. The first-order valence-electron chi connectivity index (χ1n) is 15.5. The highest BCUT2D eigenvalue weighted by Crippen LogP contribution is 2.41. The minimum atomic E-state index is 0.0750. The van der Waals surface area contributed by atoms with Crippen LogP contribution in [0, 0.1) is 18.3 Å². The van der Waals surface area contributed by atoms with E-state index in [4.69, 9.17) is 9.47 Å². The number of nitrogens with zero attached hydrogens (tertiary/aromatic N) is 4. The van der Waals surface area contributed by atoms with Crippen molar-refractivity contribution >= 4 is 0 Å². The molecule has 2 heterocycles. The summed E-state index contributed by atoms with van der Waals surface area (Å²) in [5.41, 5.74) is 9.92. The zero-order chi connectivity index (χ0) is 30.5. The maximum absolute atomic E-state index is 10.2. The highest BCUT2D eigenvalue weighted by Gasteiger charge is 2.30. The predicted molar refractivity (Wildman–Crippen MR) is 171 cm³/mol. The lowest BCUT2D eigenvalue weighted by atomic mass is 9.96. The number of pyridine rings is 1. The number of likely N-dealkylation sites (N-methyl/N-ethyl adjacent to an activating group) is 1. The van der Waals surface area contributed by atoms with Gasteiger partial charge in [0.2, 0.25) is 0 Å². The van der Waals surface area contributed by atoms with E-state index in [1.807, 2.05) is 12.1 Å². The van der Waals surface area contributed by atoms with Crippen LogP contribution in [0.4, 0.5) is 0 Å². The van der Waals surface area contributed by atoms with Gasteiger partial charge in [-0.15, -0.1) is 0 Å². The SMILES string of the molecule is Cc1c(COc2cc(OCc3cncc(C#N)c3)c(CN3CCN(C)CC3CO)c3c2CCC3)cccc1-c1ccccc1. The normalized spacial score (nSPS) is 16.8. The third-order valence-electron chi connectivity index (χ3n) is 9.05. The van der Waals surface area contributed by atoms with Crippen molar-refractivity contribution in [1.82, 2.24) is 14.8 Å². The van der Waals surface area contributed by atoms with Crippen LogP contribution >= 0.6 is 0 Å². The van der Waals surface area contributed by atoms with E-state index >= 15 is 0 Å². The van der Waals surface area contributed by atoms with Gasteiger partial charge in [-0.1, -0.05) is 48.5 Å². The molecule has 0 bridgehead atoms. The summed E-state index contributed by atoms with van der Waals surface area (Å²) in [5, 5.41) is 19.6. The fourth-order valence-electron chi connectivity index (χ4n) is 6.57. The minimum absolute atomic E-state index is 0.0750. The second-order valence-corrected chi connectivity index (χ2v) is 12.0. The predicted octanol–water partition coefficient (Wildman–Crippen LogP) is 5.68. The number of benzene rings is 3. The molecule has 4 aromatic rings. The average molecular weight is 589 g/mol. The van der Waals surface area contributed by atoms with Gasteiger partial charge in [-0.05, 0) is 72.7 Å². The molecule has 1 fully saturated rings. The van der Waals surface area contributed by atoms with Crippen molar-refractivity contribution in [2.75, 3.05) is 33.3 Å². The number of nitriles is 1. The number of hydrogen-bond donors (Lipinski definition) is 1. The van der Waals surface area contributed by atoms with Crippen LogP contribution in [0.25, 0.3) is 11.1 Å². The van der Waals surface area contributed by atoms with Crippen LogP contribution in [0.2, 0.25) is 0 Å². The Morgan fingerprint density at radius 1 is 0.955 bits per heavy atom. The highest BCUT2D eigenvalue weighted by molar-refractivity contribution is 5.68. The smallest absolute Gasteiger partial charge is 0.128 e. The molecule has 1 aliphatic heterocycles. The van der Waals surface area contributed by atoms with Crippen molar-refractivity contribution in [2.24, 2.45) is 0 Å². The first-order valence-corrected chi connectivity index (χ1v) is 15.5. The quantitative estimate of drug-likeness (QED) is 0.255. The Bertz CT molecular complexity index is 1650. The second-order valence-electron chi connectivity index (χ2n) is 12.0. The molecule has 1 saturated heterocycles. The molecule has 3 aromatic carbocycles. The maximum Gasteiger partial charge on any atom is 0.128 e. The minimum Gasteiger partial charge on any atom is -0.488 e. The first kappa shape index (κ1) is 29.8. The topological polar surface area (TPSA) is 81.9 Å². The number of fused-ring (bicyclic) bond motifs is 1. The van der Waals surface area contributed by atoms with Crippen molar-refractivity contribution < 1.29 is 14.6 Å². The Labute approximate surface area is 260 Å². The van der Waals surface area contributed by atoms with Gasteiger partial charge in [0.25, 0.3) is 0 Å². The molecule has 44 heavy (non-hydrogen) atoms. The van der Waals surface area contributed by atoms with Crippen molar-refractivity contribution in [3.05, 3.63) is 112 Å². The molecule has 1 N–H and O–H groups in total. The number of aliphatic hydroxyl groups is 1. The number of aliphatic hydroxyl groups excluding tert-OH is 1. The fraction of sp³-hybridized carbons (Fsp3) is 0.351. The number of aromatic nitrogens is 1. The Balaban J connectivity index is 1.32. The van der Waals surface area contributed by atoms with E-state index in [9.17, 15) is 10.4 Å². The summed E-state index contributed by atoms with van der Waals surface area (Å²) in [6, 6.07) is 23.0. The van der Waals surface area contributed by atoms with E-state index in [1.165, 1.54) is 33.4 Å². The summed E-state index contributed by atoms with van der Waals surface area (Å²) in [5.74, 6) is 1.68. The van der Waals surface area contributed by atoms with Crippen molar-refractivity contribution in [3.8, 4) is 28.7 Å². The molecule has 1 aliphatic carbocycles. The standard InChI is InChI=1S/C37H40N4O3/c1-26-30(10-6-11-32(26)29-8-4-3-5-9-29)25-44-36-17-37(43-24-28-16-27(18-38)19-39-20-28)35(33-12-7-13-34(33)36)22-41-15-14-40(2)21-31(41)23-42/h3-6,8-11,16-17,19-20,31,42H,7,12-15,21-25H2,1-2H3. The fourth-order valence-corrected chi connectivity index (χ4v) is 6.57. The molecule has 1 unspecified atom stereocenters. The molecule has 0 saturated carbocycles. The van der Waals surface area contributed by atoms with Gasteiger partial charge in [0.15, 0.2) is 0 Å². The van der Waals surface area contributed by atoms with E-state index < -0.39 is 0 Å². The molecule has 1 aromatic heterocycles. The van der Waals surface area contributed by atoms with Gasteiger partial charge < -0.3 is 19.5 Å². The Hall–Kier alpha value is -4.22. The van der Waals surface area contributed by atoms with Crippen LogP contribution in [0.15, 0.2) is 73.1 Å². The number of ether oxygens (including phenoxy) is 2. The molecule has 6 rings (SSSR count). The average Bonchev–Trinajstić information content (AvgIpc) is 3.56. The monoisotopic (exact) mass is 588 g/mol. The van der Waals surface area contributed by atoms with Gasteiger partial charge >= 0.3 is 0 Å². The van der Waals surface area contributed by atoms with Crippen LogP contribution in [0.3, 0.4) is 0 Å². The molecule has 7 heteroatoms. The lowest BCUT2D eigenvalue weighted by molar-refractivity contribution is 0.0450. The van der Waals surface area contributed by atoms with Gasteiger partial charge in [0, 0.05) is 61.8 Å². The molecule has 7 nitrogen and oxygen atoms in total. The van der Waals surface area contributed by atoms with E-state index in [-0.39, 0.29) is 12.6 Å². The molecule has 0 spiro atoms. The molecule has 2 aliphatic rings. The summed E-state index contributed by atoms with van der Waals surface area (Å²) in [7, 11) is 2.11. The lowest BCUT2D eigenvalue weighted by Crippen LogP contribution is -2.52. The Morgan fingerprint density at radius 3 is 2.59 bits per heavy atom. The Kier molecular flexibility index (Phi) is 9.23. The summed E-state index contributed by atoms with van der Waals surface area (Å²) >= 11 is 0. The number of piperazine rings is 1. The summed E-state index contributed by atoms with van der Waals surface area (Å²) in [6.45, 7) is 6.46.